The number of H-pyrrole nitrogens is 1. The highest BCUT2D eigenvalue weighted by Gasteiger charge is 2.18. The van der Waals surface area contributed by atoms with Gasteiger partial charge in [0.1, 0.15) is 5.69 Å². The third kappa shape index (κ3) is 3.88. The summed E-state index contributed by atoms with van der Waals surface area (Å²) in [6.07, 6.45) is 5.31. The molecule has 31 heavy (non-hydrogen) atoms. The lowest BCUT2D eigenvalue weighted by atomic mass is 9.98. The van der Waals surface area contributed by atoms with Gasteiger partial charge in [-0.05, 0) is 52.4 Å². The Kier molecular flexibility index (Phi) is 5.10. The van der Waals surface area contributed by atoms with E-state index in [2.05, 4.69) is 51.1 Å². The van der Waals surface area contributed by atoms with Gasteiger partial charge in [0.05, 0.1) is 16.9 Å². The molecule has 0 unspecified atom stereocenters. The summed E-state index contributed by atoms with van der Waals surface area (Å²) in [6.45, 7) is 0. The molecule has 152 valence electrons. The van der Waals surface area contributed by atoms with Crippen LogP contribution in [0.2, 0.25) is 0 Å². The van der Waals surface area contributed by atoms with Crippen LogP contribution in [0.25, 0.3) is 28.1 Å². The molecule has 6 heteroatoms. The second kappa shape index (κ2) is 8.20. The van der Waals surface area contributed by atoms with Gasteiger partial charge in [-0.25, -0.2) is 5.43 Å². The van der Waals surface area contributed by atoms with Crippen LogP contribution in [-0.2, 0) is 12.8 Å². The molecule has 5 nitrogen and oxygen atoms in total. The van der Waals surface area contributed by atoms with Crippen molar-refractivity contribution in [2.24, 2.45) is 5.10 Å². The van der Waals surface area contributed by atoms with Crippen LogP contribution < -0.4 is 5.43 Å². The van der Waals surface area contributed by atoms with E-state index in [4.69, 9.17) is 11.6 Å². The fourth-order valence-electron chi connectivity index (χ4n) is 4.00. The molecule has 0 spiro atoms. The molecule has 0 bridgehead atoms. The van der Waals surface area contributed by atoms with Crippen LogP contribution >= 0.6 is 11.6 Å². The van der Waals surface area contributed by atoms with E-state index >= 15 is 0 Å². The van der Waals surface area contributed by atoms with E-state index in [1.165, 1.54) is 28.1 Å². The minimum absolute atomic E-state index is 0.332. The van der Waals surface area contributed by atoms with Gasteiger partial charge in [0.15, 0.2) is 0 Å². The predicted octanol–water partition coefficient (Wildman–Crippen LogP) is 5.32. The van der Waals surface area contributed by atoms with Crippen LogP contribution in [0, 0.1) is 0 Å². The number of carbonyl (C=O) groups excluding carboxylic acids is 1. The number of aromatic amines is 1. The van der Waals surface area contributed by atoms with Crippen molar-refractivity contribution in [1.29, 1.82) is 0 Å². The smallest absolute Gasteiger partial charge is 0.272 e. The van der Waals surface area contributed by atoms with Crippen molar-refractivity contribution in [3.05, 3.63) is 94.1 Å². The number of aromatic nitrogens is 2. The zero-order valence-corrected chi connectivity index (χ0v) is 17.4. The summed E-state index contributed by atoms with van der Waals surface area (Å²) in [4.78, 5) is 12.5. The lowest BCUT2D eigenvalue weighted by Gasteiger charge is -2.06. The van der Waals surface area contributed by atoms with E-state index in [1.807, 2.05) is 30.3 Å². The van der Waals surface area contributed by atoms with Crippen LogP contribution in [0.15, 0.2) is 76.9 Å². The number of nitrogens with one attached hydrogen (secondary N) is 2. The standard InChI is InChI=1S/C25H19ClN4O/c26-19(13-16-5-2-1-3-6-16)15-27-30-25(31)23-14-22(28-29-23)20-12-11-18-10-9-17-7-4-8-21(20)24(17)18/h1-8,11-15H,9-10H2,(H,28,29)(H,30,31)/b19-13-,27-15-. The monoisotopic (exact) mass is 426 g/mol. The fourth-order valence-corrected chi connectivity index (χ4v) is 4.18. The Morgan fingerprint density at radius 3 is 2.68 bits per heavy atom. The summed E-state index contributed by atoms with van der Waals surface area (Å²) in [5.41, 5.74) is 8.25. The zero-order valence-electron chi connectivity index (χ0n) is 16.6. The van der Waals surface area contributed by atoms with Gasteiger partial charge >= 0.3 is 0 Å². The highest BCUT2D eigenvalue weighted by molar-refractivity contribution is 6.41. The Labute approximate surface area is 184 Å². The number of carbonyl (C=O) groups is 1. The molecule has 0 fully saturated rings. The Morgan fingerprint density at radius 2 is 1.84 bits per heavy atom. The Bertz CT molecular complexity index is 1330. The largest absolute Gasteiger partial charge is 0.289 e. The number of amides is 1. The minimum Gasteiger partial charge on any atom is -0.272 e. The van der Waals surface area contributed by atoms with Crippen molar-refractivity contribution in [1.82, 2.24) is 15.6 Å². The van der Waals surface area contributed by atoms with Gasteiger partial charge in [-0.3, -0.25) is 9.89 Å². The number of nitrogens with zero attached hydrogens (tertiary/aromatic N) is 2. The quantitative estimate of drug-likeness (QED) is 0.334. The maximum Gasteiger partial charge on any atom is 0.289 e. The maximum absolute atomic E-state index is 12.5. The van der Waals surface area contributed by atoms with Crippen LogP contribution in [0.3, 0.4) is 0 Å². The zero-order chi connectivity index (χ0) is 21.2. The number of benzene rings is 3. The molecule has 0 radical (unpaired) electrons. The molecule has 1 heterocycles. The molecule has 2 N–H and O–H groups in total. The first-order valence-corrected chi connectivity index (χ1v) is 10.4. The van der Waals surface area contributed by atoms with Gasteiger partial charge in [-0.15, -0.1) is 0 Å². The van der Waals surface area contributed by atoms with Gasteiger partial charge in [0, 0.05) is 5.56 Å². The molecular weight excluding hydrogens is 408 g/mol. The fraction of sp³-hybridized carbons (Fsp3) is 0.0800. The highest BCUT2D eigenvalue weighted by Crippen LogP contribution is 2.36. The normalized spacial score (nSPS) is 13.3. The second-order valence-electron chi connectivity index (χ2n) is 7.42. The van der Waals surface area contributed by atoms with Gasteiger partial charge < -0.3 is 0 Å². The topological polar surface area (TPSA) is 70.1 Å². The Morgan fingerprint density at radius 1 is 1.03 bits per heavy atom. The summed E-state index contributed by atoms with van der Waals surface area (Å²) in [7, 11) is 0. The molecule has 3 aromatic carbocycles. The molecule has 0 atom stereocenters. The molecule has 0 saturated heterocycles. The summed E-state index contributed by atoms with van der Waals surface area (Å²) < 4.78 is 0. The number of hydrazone groups is 1. The Hall–Kier alpha value is -3.70. The first-order valence-electron chi connectivity index (χ1n) is 10.0. The predicted molar refractivity (Wildman–Crippen MR) is 125 cm³/mol. The van der Waals surface area contributed by atoms with Crippen LogP contribution in [-0.4, -0.2) is 22.3 Å². The average Bonchev–Trinajstić information content (AvgIpc) is 3.44. The highest BCUT2D eigenvalue weighted by atomic mass is 35.5. The van der Waals surface area contributed by atoms with Gasteiger partial charge in [-0.2, -0.15) is 10.2 Å². The van der Waals surface area contributed by atoms with E-state index in [1.54, 1.807) is 12.1 Å². The number of rotatable bonds is 5. The first kappa shape index (κ1) is 19.3. The van der Waals surface area contributed by atoms with Crippen LogP contribution in [0.4, 0.5) is 0 Å². The number of halogens is 1. The van der Waals surface area contributed by atoms with Gasteiger partial charge in [0.2, 0.25) is 0 Å². The lowest BCUT2D eigenvalue weighted by molar-refractivity contribution is 0.0950. The van der Waals surface area contributed by atoms with Gasteiger partial charge in [0.25, 0.3) is 5.91 Å². The van der Waals surface area contributed by atoms with Crippen LogP contribution in [0.5, 0.6) is 0 Å². The molecule has 1 aromatic heterocycles. The molecule has 0 aliphatic heterocycles. The SMILES string of the molecule is O=C(N/N=C\C(Cl)=C\c1ccccc1)c1cc(-c2ccc3c4c(cccc24)CC3)n[nH]1. The third-order valence-corrected chi connectivity index (χ3v) is 5.64. The summed E-state index contributed by atoms with van der Waals surface area (Å²) in [5, 5.41) is 14.0. The molecule has 5 rings (SSSR count). The van der Waals surface area contributed by atoms with Crippen molar-refractivity contribution >= 4 is 40.6 Å². The van der Waals surface area contributed by atoms with E-state index in [0.29, 0.717) is 10.7 Å². The third-order valence-electron chi connectivity index (χ3n) is 5.43. The minimum atomic E-state index is -0.384. The number of hydrogen-bond acceptors (Lipinski definition) is 3. The number of aryl methyl sites for hydroxylation is 2. The van der Waals surface area contributed by atoms with Crippen molar-refractivity contribution in [2.45, 2.75) is 12.8 Å². The molecule has 4 aromatic rings. The summed E-state index contributed by atoms with van der Waals surface area (Å²) in [6, 6.07) is 22.0. The average molecular weight is 427 g/mol. The molecule has 1 aliphatic carbocycles. The van der Waals surface area contributed by atoms with Crippen LogP contribution in [0.1, 0.15) is 27.2 Å². The molecule has 1 aliphatic rings. The van der Waals surface area contributed by atoms with Crippen molar-refractivity contribution in [3.63, 3.8) is 0 Å². The van der Waals surface area contributed by atoms with Crippen molar-refractivity contribution < 1.29 is 4.79 Å². The van der Waals surface area contributed by atoms with E-state index in [0.717, 1.165) is 29.7 Å². The lowest BCUT2D eigenvalue weighted by Crippen LogP contribution is -2.17. The first-order chi connectivity index (χ1) is 15.2. The maximum atomic E-state index is 12.5. The van der Waals surface area contributed by atoms with Crippen molar-refractivity contribution in [2.75, 3.05) is 0 Å². The summed E-state index contributed by atoms with van der Waals surface area (Å²) >= 11 is 6.16. The molecule has 0 saturated carbocycles. The van der Waals surface area contributed by atoms with Crippen molar-refractivity contribution in [3.8, 4) is 11.3 Å². The van der Waals surface area contributed by atoms with E-state index in [-0.39, 0.29) is 5.91 Å². The van der Waals surface area contributed by atoms with E-state index in [9.17, 15) is 4.79 Å². The molecular formula is C25H19ClN4O. The summed E-state index contributed by atoms with van der Waals surface area (Å²) in [5.74, 6) is -0.384. The Balaban J connectivity index is 1.33. The molecule has 1 amide bonds. The number of hydrogen-bond donors (Lipinski definition) is 2. The van der Waals surface area contributed by atoms with E-state index < -0.39 is 0 Å². The number of allylic oxidation sites excluding steroid dienone is 1. The van der Waals surface area contributed by atoms with Gasteiger partial charge in [-0.1, -0.05) is 72.3 Å². The second-order valence-corrected chi connectivity index (χ2v) is 7.85.